The second-order valence-electron chi connectivity index (χ2n) is 5.13. The Hall–Kier alpha value is -2.44. The first kappa shape index (κ1) is 15.5. The first-order valence-corrected chi connectivity index (χ1v) is 6.84. The summed E-state index contributed by atoms with van der Waals surface area (Å²) in [5.41, 5.74) is -0.248. The van der Waals surface area contributed by atoms with Gasteiger partial charge in [0.25, 0.3) is 5.91 Å². The summed E-state index contributed by atoms with van der Waals surface area (Å²) >= 11 is 0. The van der Waals surface area contributed by atoms with E-state index in [0.29, 0.717) is 18.5 Å². The number of benzene rings is 2. The average molecular weight is 327 g/mol. The van der Waals surface area contributed by atoms with Crippen LogP contribution in [-0.2, 0) is 6.42 Å². The molecule has 120 valence electrons. The van der Waals surface area contributed by atoms with E-state index in [1.807, 2.05) is 0 Å². The Morgan fingerprint density at radius 1 is 0.870 bits per heavy atom. The van der Waals surface area contributed by atoms with Gasteiger partial charge in [0, 0.05) is 12.2 Å². The zero-order chi connectivity index (χ0) is 16.7. The highest BCUT2D eigenvalue weighted by molar-refractivity contribution is 6.07. The summed E-state index contributed by atoms with van der Waals surface area (Å²) in [7, 11) is 0. The molecule has 0 N–H and O–H groups in total. The van der Waals surface area contributed by atoms with Gasteiger partial charge in [0.2, 0.25) is 5.82 Å². The lowest BCUT2D eigenvalue weighted by molar-refractivity contribution is 0.0973. The summed E-state index contributed by atoms with van der Waals surface area (Å²) in [4.78, 5) is 13.4. The van der Waals surface area contributed by atoms with E-state index in [-0.39, 0.29) is 6.54 Å². The van der Waals surface area contributed by atoms with Gasteiger partial charge in [0.1, 0.15) is 5.56 Å². The first-order chi connectivity index (χ1) is 10.9. The zero-order valence-corrected chi connectivity index (χ0v) is 11.7. The van der Waals surface area contributed by atoms with Crippen LogP contribution in [0.4, 0.5) is 27.6 Å². The number of anilines is 1. The number of hydrogen-bond acceptors (Lipinski definition) is 1. The monoisotopic (exact) mass is 327 g/mol. The molecule has 0 saturated heterocycles. The van der Waals surface area contributed by atoms with Gasteiger partial charge in [-0.2, -0.15) is 0 Å². The minimum Gasteiger partial charge on any atom is -0.308 e. The lowest BCUT2D eigenvalue weighted by Crippen LogP contribution is -2.37. The molecule has 1 aliphatic heterocycles. The molecule has 2 aromatic carbocycles. The topological polar surface area (TPSA) is 20.3 Å². The molecular weight excluding hydrogens is 317 g/mol. The van der Waals surface area contributed by atoms with Crippen LogP contribution in [0.5, 0.6) is 0 Å². The number of amides is 1. The molecule has 0 aromatic heterocycles. The highest BCUT2D eigenvalue weighted by atomic mass is 19.2. The van der Waals surface area contributed by atoms with Crippen LogP contribution in [0.15, 0.2) is 24.3 Å². The van der Waals surface area contributed by atoms with Crippen LogP contribution in [0.1, 0.15) is 22.3 Å². The molecule has 3 rings (SSSR count). The third-order valence-corrected chi connectivity index (χ3v) is 3.78. The predicted octanol–water partition coefficient (Wildman–Crippen LogP) is 3.98. The maximum absolute atomic E-state index is 13.8. The first-order valence-electron chi connectivity index (χ1n) is 6.84. The van der Waals surface area contributed by atoms with E-state index in [2.05, 4.69) is 0 Å². The smallest absolute Gasteiger partial charge is 0.264 e. The average Bonchev–Trinajstić information content (AvgIpc) is 2.57. The van der Waals surface area contributed by atoms with E-state index in [1.54, 1.807) is 24.3 Å². The largest absolute Gasteiger partial charge is 0.308 e. The predicted molar refractivity (Wildman–Crippen MR) is 72.7 cm³/mol. The molecule has 0 fully saturated rings. The van der Waals surface area contributed by atoms with Crippen molar-refractivity contribution in [1.29, 1.82) is 0 Å². The van der Waals surface area contributed by atoms with Crippen LogP contribution >= 0.6 is 0 Å². The van der Waals surface area contributed by atoms with E-state index in [9.17, 15) is 26.7 Å². The maximum atomic E-state index is 13.8. The van der Waals surface area contributed by atoms with E-state index in [1.165, 1.54) is 0 Å². The molecule has 1 heterocycles. The van der Waals surface area contributed by atoms with E-state index in [0.717, 1.165) is 10.5 Å². The molecule has 2 aromatic rings. The quantitative estimate of drug-likeness (QED) is 0.441. The molecule has 1 amide bonds. The number of aryl methyl sites for hydroxylation is 1. The summed E-state index contributed by atoms with van der Waals surface area (Å²) < 4.78 is 67.3. The summed E-state index contributed by atoms with van der Waals surface area (Å²) in [5.74, 6) is -12.0. The van der Waals surface area contributed by atoms with Crippen LogP contribution < -0.4 is 4.90 Å². The minimum atomic E-state index is -2.28. The molecule has 0 saturated carbocycles. The van der Waals surface area contributed by atoms with Gasteiger partial charge in [0.05, 0.1) is 0 Å². The van der Waals surface area contributed by atoms with Gasteiger partial charge in [-0.1, -0.05) is 18.2 Å². The van der Waals surface area contributed by atoms with Gasteiger partial charge in [-0.3, -0.25) is 4.79 Å². The summed E-state index contributed by atoms with van der Waals surface area (Å²) in [6, 6.07) is 6.68. The Kier molecular flexibility index (Phi) is 3.79. The fourth-order valence-electron chi connectivity index (χ4n) is 2.67. The van der Waals surface area contributed by atoms with Crippen molar-refractivity contribution < 1.29 is 26.7 Å². The third kappa shape index (κ3) is 2.36. The van der Waals surface area contributed by atoms with Crippen molar-refractivity contribution in [3.8, 4) is 0 Å². The molecule has 0 aliphatic carbocycles. The van der Waals surface area contributed by atoms with Crippen LogP contribution in [-0.4, -0.2) is 12.5 Å². The Balaban J connectivity index is 2.13. The minimum absolute atomic E-state index is 0.134. The number of para-hydroxylation sites is 1. The Morgan fingerprint density at radius 2 is 1.43 bits per heavy atom. The number of fused-ring (bicyclic) bond motifs is 1. The van der Waals surface area contributed by atoms with Gasteiger partial charge < -0.3 is 4.90 Å². The number of carbonyl (C=O) groups is 1. The lowest BCUT2D eigenvalue weighted by atomic mass is 10.0. The normalized spacial score (nSPS) is 13.9. The van der Waals surface area contributed by atoms with Crippen molar-refractivity contribution in [3.05, 3.63) is 64.5 Å². The molecule has 0 atom stereocenters. The summed E-state index contributed by atoms with van der Waals surface area (Å²) in [5, 5.41) is 0. The number of nitrogens with zero attached hydrogens (tertiary/aromatic N) is 1. The van der Waals surface area contributed by atoms with Crippen molar-refractivity contribution in [2.45, 2.75) is 12.8 Å². The second-order valence-corrected chi connectivity index (χ2v) is 5.13. The number of hydrogen-bond donors (Lipinski definition) is 0. The zero-order valence-electron chi connectivity index (χ0n) is 11.7. The Morgan fingerprint density at radius 3 is 2.09 bits per heavy atom. The molecule has 23 heavy (non-hydrogen) atoms. The van der Waals surface area contributed by atoms with Crippen LogP contribution in [0, 0.1) is 29.1 Å². The van der Waals surface area contributed by atoms with Crippen molar-refractivity contribution in [2.24, 2.45) is 0 Å². The summed E-state index contributed by atoms with van der Waals surface area (Å²) in [6.45, 7) is 0.134. The Labute approximate surface area is 128 Å². The van der Waals surface area contributed by atoms with Crippen molar-refractivity contribution in [2.75, 3.05) is 11.4 Å². The highest BCUT2D eigenvalue weighted by Gasteiger charge is 2.33. The molecule has 2 nitrogen and oxygen atoms in total. The van der Waals surface area contributed by atoms with E-state index < -0.39 is 40.6 Å². The van der Waals surface area contributed by atoms with Crippen molar-refractivity contribution in [1.82, 2.24) is 0 Å². The molecule has 0 bridgehead atoms. The molecule has 0 radical (unpaired) electrons. The fourth-order valence-corrected chi connectivity index (χ4v) is 2.67. The molecule has 0 spiro atoms. The SMILES string of the molecule is O=C(c1c(F)c(F)c(F)c(F)c1F)N1CCCc2ccccc21. The van der Waals surface area contributed by atoms with Gasteiger partial charge in [-0.05, 0) is 24.5 Å². The van der Waals surface area contributed by atoms with Gasteiger partial charge in [0.15, 0.2) is 23.3 Å². The van der Waals surface area contributed by atoms with Gasteiger partial charge in [-0.15, -0.1) is 0 Å². The van der Waals surface area contributed by atoms with E-state index in [4.69, 9.17) is 0 Å². The molecule has 0 unspecified atom stereocenters. The number of carbonyl (C=O) groups excluding carboxylic acids is 1. The van der Waals surface area contributed by atoms with Gasteiger partial charge in [-0.25, -0.2) is 22.0 Å². The molecule has 1 aliphatic rings. The van der Waals surface area contributed by atoms with Crippen molar-refractivity contribution in [3.63, 3.8) is 0 Å². The van der Waals surface area contributed by atoms with Crippen LogP contribution in [0.3, 0.4) is 0 Å². The van der Waals surface area contributed by atoms with Crippen molar-refractivity contribution >= 4 is 11.6 Å². The second kappa shape index (κ2) is 5.64. The number of rotatable bonds is 1. The van der Waals surface area contributed by atoms with Crippen LogP contribution in [0.2, 0.25) is 0 Å². The fraction of sp³-hybridized carbons (Fsp3) is 0.188. The maximum Gasteiger partial charge on any atom is 0.264 e. The number of halogens is 5. The summed E-state index contributed by atoms with van der Waals surface area (Å²) in [6.07, 6.45) is 1.19. The van der Waals surface area contributed by atoms with Gasteiger partial charge >= 0.3 is 0 Å². The molecular formula is C16H10F5NO. The highest BCUT2D eigenvalue weighted by Crippen LogP contribution is 2.30. The standard InChI is InChI=1S/C16H10F5NO/c17-11-10(12(18)14(20)15(21)13(11)19)16(23)22-7-3-5-8-4-1-2-6-9(8)22/h1-2,4,6H,3,5,7H2. The lowest BCUT2D eigenvalue weighted by Gasteiger charge is -2.29. The molecule has 7 heteroatoms. The van der Waals surface area contributed by atoms with Crippen LogP contribution in [0.25, 0.3) is 0 Å². The third-order valence-electron chi connectivity index (χ3n) is 3.78. The Bertz CT molecular complexity index is 776. The van der Waals surface area contributed by atoms with E-state index >= 15 is 0 Å².